The number of nitrogens with zero attached hydrogens (tertiary/aromatic N) is 1. The van der Waals surface area contributed by atoms with Crippen LogP contribution in [0.3, 0.4) is 0 Å². The molecule has 0 aliphatic carbocycles. The number of oxazole rings is 1. The third-order valence-corrected chi connectivity index (χ3v) is 3.35. The topological polar surface area (TPSA) is 108 Å². The van der Waals surface area contributed by atoms with Crippen LogP contribution in [0.25, 0.3) is 11.1 Å². The second-order valence-electron chi connectivity index (χ2n) is 5.11. The summed E-state index contributed by atoms with van der Waals surface area (Å²) in [6, 6.07) is 13.3. The van der Waals surface area contributed by atoms with Crippen molar-refractivity contribution in [2.24, 2.45) is 0 Å². The fourth-order valence-electron chi connectivity index (χ4n) is 2.14. The first-order valence-corrected chi connectivity index (χ1v) is 7.16. The fraction of sp³-hybridized carbons (Fsp3) is 0.118. The summed E-state index contributed by atoms with van der Waals surface area (Å²) in [5.41, 5.74) is 1.94. The van der Waals surface area contributed by atoms with E-state index in [0.29, 0.717) is 28.1 Å². The van der Waals surface area contributed by atoms with Crippen molar-refractivity contribution in [2.45, 2.75) is 13.0 Å². The second-order valence-corrected chi connectivity index (χ2v) is 5.11. The van der Waals surface area contributed by atoms with Crippen molar-refractivity contribution < 1.29 is 13.9 Å². The van der Waals surface area contributed by atoms with Gasteiger partial charge < -0.3 is 14.5 Å². The molecule has 1 unspecified atom stereocenters. The molecular formula is C17H13N3O4. The van der Waals surface area contributed by atoms with Crippen LogP contribution >= 0.6 is 0 Å². The maximum atomic E-state index is 12.2. The summed E-state index contributed by atoms with van der Waals surface area (Å²) in [5, 5.41) is 11.5. The van der Waals surface area contributed by atoms with Crippen molar-refractivity contribution in [3.05, 3.63) is 58.6 Å². The van der Waals surface area contributed by atoms with Crippen molar-refractivity contribution in [3.63, 3.8) is 0 Å². The molecule has 1 aromatic heterocycles. The Hall–Kier alpha value is -3.53. The summed E-state index contributed by atoms with van der Waals surface area (Å²) >= 11 is 0. The number of amides is 1. The lowest BCUT2D eigenvalue weighted by molar-refractivity contribution is -0.122. The number of ether oxygens (including phenoxy) is 1. The molecule has 3 aromatic rings. The molecule has 0 saturated carbocycles. The lowest BCUT2D eigenvalue weighted by Crippen LogP contribution is -2.30. The Balaban J connectivity index is 1.68. The first-order chi connectivity index (χ1) is 11.5. The Morgan fingerprint density at radius 2 is 2.04 bits per heavy atom. The van der Waals surface area contributed by atoms with E-state index in [4.69, 9.17) is 14.4 Å². The van der Waals surface area contributed by atoms with Gasteiger partial charge in [-0.1, -0.05) is 0 Å². The van der Waals surface area contributed by atoms with Crippen molar-refractivity contribution in [3.8, 4) is 11.8 Å². The van der Waals surface area contributed by atoms with Gasteiger partial charge >= 0.3 is 5.76 Å². The van der Waals surface area contributed by atoms with Crippen LogP contribution in [0.15, 0.2) is 51.7 Å². The molecule has 0 aliphatic heterocycles. The van der Waals surface area contributed by atoms with Gasteiger partial charge in [-0.25, -0.2) is 4.79 Å². The minimum atomic E-state index is -0.739. The van der Waals surface area contributed by atoms with E-state index in [-0.39, 0.29) is 5.91 Å². The summed E-state index contributed by atoms with van der Waals surface area (Å²) in [7, 11) is 0. The number of anilines is 1. The van der Waals surface area contributed by atoms with Crippen LogP contribution in [-0.2, 0) is 4.79 Å². The van der Waals surface area contributed by atoms with E-state index in [0.717, 1.165) is 0 Å². The van der Waals surface area contributed by atoms with Gasteiger partial charge in [0.15, 0.2) is 11.7 Å². The number of nitrogens with one attached hydrogen (secondary N) is 2. The quantitative estimate of drug-likeness (QED) is 0.766. The summed E-state index contributed by atoms with van der Waals surface area (Å²) < 4.78 is 10.4. The average molecular weight is 323 g/mol. The Kier molecular flexibility index (Phi) is 4.03. The molecule has 7 heteroatoms. The van der Waals surface area contributed by atoms with Gasteiger partial charge in [-0.3, -0.25) is 9.78 Å². The number of aromatic amines is 1. The van der Waals surface area contributed by atoms with Crippen molar-refractivity contribution in [1.29, 1.82) is 5.26 Å². The number of H-pyrrole nitrogens is 1. The molecule has 2 aromatic carbocycles. The van der Waals surface area contributed by atoms with E-state index in [2.05, 4.69) is 10.3 Å². The summed E-state index contributed by atoms with van der Waals surface area (Å²) in [4.78, 5) is 25.8. The third-order valence-electron chi connectivity index (χ3n) is 3.35. The van der Waals surface area contributed by atoms with Crippen LogP contribution in [0, 0.1) is 11.3 Å². The number of aromatic nitrogens is 1. The van der Waals surface area contributed by atoms with Gasteiger partial charge in [-0.05, 0) is 49.4 Å². The van der Waals surface area contributed by atoms with E-state index >= 15 is 0 Å². The van der Waals surface area contributed by atoms with E-state index in [1.54, 1.807) is 49.4 Å². The maximum Gasteiger partial charge on any atom is 0.417 e. The molecule has 1 heterocycles. The predicted molar refractivity (Wildman–Crippen MR) is 86.7 cm³/mol. The summed E-state index contributed by atoms with van der Waals surface area (Å²) in [5.74, 6) is -0.401. The van der Waals surface area contributed by atoms with Gasteiger partial charge in [0.05, 0.1) is 17.1 Å². The largest absolute Gasteiger partial charge is 0.481 e. The van der Waals surface area contributed by atoms with E-state index in [1.165, 1.54) is 0 Å². The number of hydrogen-bond donors (Lipinski definition) is 2. The number of hydrogen-bond acceptors (Lipinski definition) is 5. The Morgan fingerprint density at radius 1 is 1.29 bits per heavy atom. The minimum absolute atomic E-state index is 0.343. The molecular weight excluding hydrogens is 310 g/mol. The van der Waals surface area contributed by atoms with Crippen molar-refractivity contribution in [2.75, 3.05) is 5.32 Å². The standard InChI is InChI=1S/C17H13N3O4/c1-10(23-13-5-2-11(9-18)3-6-13)16(21)19-12-4-7-15-14(8-12)20-17(22)24-15/h2-8,10H,1H3,(H,19,21)(H,20,22). The lowest BCUT2D eigenvalue weighted by Gasteiger charge is -2.14. The molecule has 1 atom stereocenters. The molecule has 0 bridgehead atoms. The molecule has 7 nitrogen and oxygen atoms in total. The number of carbonyl (C=O) groups is 1. The number of benzene rings is 2. The smallest absolute Gasteiger partial charge is 0.417 e. The molecule has 0 radical (unpaired) electrons. The highest BCUT2D eigenvalue weighted by Crippen LogP contribution is 2.18. The fourth-order valence-corrected chi connectivity index (χ4v) is 2.14. The van der Waals surface area contributed by atoms with Crippen molar-refractivity contribution in [1.82, 2.24) is 4.98 Å². The van der Waals surface area contributed by atoms with E-state index < -0.39 is 11.9 Å². The molecule has 120 valence electrons. The Bertz CT molecular complexity index is 979. The first kappa shape index (κ1) is 15.4. The van der Waals surface area contributed by atoms with Gasteiger partial charge in [0, 0.05) is 5.69 Å². The van der Waals surface area contributed by atoms with Crippen LogP contribution in [0.4, 0.5) is 5.69 Å². The molecule has 0 aliphatic rings. The Labute approximate surface area is 136 Å². The van der Waals surface area contributed by atoms with Gasteiger partial charge in [0.25, 0.3) is 5.91 Å². The molecule has 0 fully saturated rings. The van der Waals surface area contributed by atoms with E-state index in [9.17, 15) is 9.59 Å². The summed E-state index contributed by atoms with van der Waals surface area (Å²) in [6.07, 6.45) is -0.739. The van der Waals surface area contributed by atoms with Gasteiger partial charge in [-0.2, -0.15) is 5.26 Å². The highest BCUT2D eigenvalue weighted by atomic mass is 16.5. The van der Waals surface area contributed by atoms with Crippen LogP contribution < -0.4 is 15.8 Å². The number of rotatable bonds is 4. The van der Waals surface area contributed by atoms with Crippen LogP contribution in [0.2, 0.25) is 0 Å². The molecule has 0 spiro atoms. The maximum absolute atomic E-state index is 12.2. The highest BCUT2D eigenvalue weighted by Gasteiger charge is 2.15. The minimum Gasteiger partial charge on any atom is -0.481 e. The number of carbonyl (C=O) groups excluding carboxylic acids is 1. The second kappa shape index (κ2) is 6.30. The molecule has 2 N–H and O–H groups in total. The van der Waals surface area contributed by atoms with Gasteiger partial charge in [-0.15, -0.1) is 0 Å². The van der Waals surface area contributed by atoms with E-state index in [1.807, 2.05) is 6.07 Å². The third kappa shape index (κ3) is 3.28. The zero-order chi connectivity index (χ0) is 17.1. The zero-order valence-electron chi connectivity index (χ0n) is 12.7. The number of fused-ring (bicyclic) bond motifs is 1. The molecule has 24 heavy (non-hydrogen) atoms. The first-order valence-electron chi connectivity index (χ1n) is 7.16. The molecule has 1 amide bonds. The summed E-state index contributed by atoms with van der Waals surface area (Å²) in [6.45, 7) is 1.62. The predicted octanol–water partition coefficient (Wildman–Crippen LogP) is 2.40. The molecule has 0 saturated heterocycles. The monoisotopic (exact) mass is 323 g/mol. The van der Waals surface area contributed by atoms with Gasteiger partial charge in [0.2, 0.25) is 0 Å². The molecule has 3 rings (SSSR count). The Morgan fingerprint density at radius 3 is 2.75 bits per heavy atom. The highest BCUT2D eigenvalue weighted by molar-refractivity contribution is 5.95. The zero-order valence-corrected chi connectivity index (χ0v) is 12.7. The van der Waals surface area contributed by atoms with Crippen LogP contribution in [0.1, 0.15) is 12.5 Å². The van der Waals surface area contributed by atoms with Crippen LogP contribution in [0.5, 0.6) is 5.75 Å². The average Bonchev–Trinajstić information content (AvgIpc) is 2.94. The normalized spacial score (nSPS) is 11.7. The lowest BCUT2D eigenvalue weighted by atomic mass is 10.2. The van der Waals surface area contributed by atoms with Crippen LogP contribution in [-0.4, -0.2) is 17.0 Å². The van der Waals surface area contributed by atoms with Crippen molar-refractivity contribution >= 4 is 22.7 Å². The SMILES string of the molecule is CC(Oc1ccc(C#N)cc1)C(=O)Nc1ccc2oc(=O)[nH]c2c1. The van der Waals surface area contributed by atoms with Gasteiger partial charge in [0.1, 0.15) is 5.75 Å². The number of nitriles is 1.